The van der Waals surface area contributed by atoms with Crippen LogP contribution in [0.1, 0.15) is 18.6 Å². The first-order chi connectivity index (χ1) is 11.3. The number of hydrogen-bond acceptors (Lipinski definition) is 7. The van der Waals surface area contributed by atoms with E-state index in [9.17, 15) is 0 Å². The van der Waals surface area contributed by atoms with E-state index in [4.69, 9.17) is 4.52 Å². The van der Waals surface area contributed by atoms with Crippen molar-refractivity contribution in [1.29, 1.82) is 0 Å². The minimum absolute atomic E-state index is 0.705. The van der Waals surface area contributed by atoms with Crippen molar-refractivity contribution in [2.24, 2.45) is 0 Å². The molecule has 4 heterocycles. The topological polar surface area (TPSA) is 75.6 Å². The van der Waals surface area contributed by atoms with Gasteiger partial charge in [0.05, 0.1) is 6.54 Å². The van der Waals surface area contributed by atoms with E-state index in [1.165, 1.54) is 0 Å². The van der Waals surface area contributed by atoms with Gasteiger partial charge in [0, 0.05) is 45.0 Å². The molecule has 0 bridgehead atoms. The van der Waals surface area contributed by atoms with Gasteiger partial charge in [0.25, 0.3) is 0 Å². The Balaban J connectivity index is 1.38. The monoisotopic (exact) mass is 313 g/mol. The highest BCUT2D eigenvalue weighted by molar-refractivity contribution is 5.46. The first kappa shape index (κ1) is 14.1. The minimum atomic E-state index is 0.705. The summed E-state index contributed by atoms with van der Waals surface area (Å²) in [5.41, 5.74) is 0.872. The third-order valence-corrected chi connectivity index (χ3v) is 4.11. The molecule has 1 aliphatic heterocycles. The third-order valence-electron chi connectivity index (χ3n) is 4.11. The number of imidazole rings is 1. The summed E-state index contributed by atoms with van der Waals surface area (Å²) >= 11 is 0. The number of fused-ring (bicyclic) bond motifs is 1. The molecule has 1 fully saturated rings. The summed E-state index contributed by atoms with van der Waals surface area (Å²) < 4.78 is 6.97. The van der Waals surface area contributed by atoms with Crippen molar-refractivity contribution in [2.75, 3.05) is 31.1 Å². The van der Waals surface area contributed by atoms with Gasteiger partial charge >= 0.3 is 0 Å². The van der Waals surface area contributed by atoms with Gasteiger partial charge in [-0.25, -0.2) is 9.50 Å². The zero-order valence-corrected chi connectivity index (χ0v) is 13.1. The van der Waals surface area contributed by atoms with Crippen LogP contribution in [0.4, 0.5) is 5.82 Å². The molecule has 1 aliphatic rings. The maximum Gasteiger partial charge on any atom is 0.226 e. The fourth-order valence-electron chi connectivity index (χ4n) is 2.81. The summed E-state index contributed by atoms with van der Waals surface area (Å²) in [4.78, 5) is 13.2. The molecule has 0 unspecified atom stereocenters. The Bertz CT molecular complexity index is 788. The first-order valence-electron chi connectivity index (χ1n) is 7.91. The highest BCUT2D eigenvalue weighted by Gasteiger charge is 2.20. The van der Waals surface area contributed by atoms with Crippen LogP contribution in [0.15, 0.2) is 29.0 Å². The molecule has 0 atom stereocenters. The van der Waals surface area contributed by atoms with Crippen LogP contribution in [0.2, 0.25) is 0 Å². The largest absolute Gasteiger partial charge is 0.353 e. The van der Waals surface area contributed by atoms with Crippen LogP contribution in [0.5, 0.6) is 0 Å². The molecule has 3 aromatic rings. The molecule has 0 amide bonds. The van der Waals surface area contributed by atoms with Crippen LogP contribution >= 0.6 is 0 Å². The van der Waals surface area contributed by atoms with E-state index in [2.05, 4.69) is 30.0 Å². The lowest BCUT2D eigenvalue weighted by molar-refractivity contribution is 0.239. The zero-order valence-electron chi connectivity index (χ0n) is 13.1. The molecular formula is C15H19N7O. The van der Waals surface area contributed by atoms with Crippen molar-refractivity contribution in [3.63, 3.8) is 0 Å². The zero-order chi connectivity index (χ0) is 15.6. The molecule has 8 nitrogen and oxygen atoms in total. The summed E-state index contributed by atoms with van der Waals surface area (Å²) in [5.74, 6) is 2.47. The first-order valence-corrected chi connectivity index (χ1v) is 7.91. The average molecular weight is 313 g/mol. The fraction of sp³-hybridized carbons (Fsp3) is 0.467. The van der Waals surface area contributed by atoms with Crippen molar-refractivity contribution in [3.05, 3.63) is 36.2 Å². The predicted octanol–water partition coefficient (Wildman–Crippen LogP) is 0.997. The Morgan fingerprint density at radius 3 is 2.83 bits per heavy atom. The number of hydrogen-bond donors (Lipinski definition) is 0. The quantitative estimate of drug-likeness (QED) is 0.711. The number of aryl methyl sites for hydroxylation is 1. The lowest BCUT2D eigenvalue weighted by Crippen LogP contribution is -2.46. The second-order valence-corrected chi connectivity index (χ2v) is 5.64. The third kappa shape index (κ3) is 2.89. The van der Waals surface area contributed by atoms with Crippen molar-refractivity contribution >= 4 is 11.5 Å². The molecule has 0 N–H and O–H groups in total. The lowest BCUT2D eigenvalue weighted by Gasteiger charge is -2.34. The average Bonchev–Trinajstić information content (AvgIpc) is 3.23. The van der Waals surface area contributed by atoms with E-state index in [-0.39, 0.29) is 0 Å². The molecule has 8 heteroatoms. The Morgan fingerprint density at radius 2 is 2.04 bits per heavy atom. The van der Waals surface area contributed by atoms with Crippen molar-refractivity contribution in [2.45, 2.75) is 19.9 Å². The number of anilines is 1. The maximum atomic E-state index is 5.16. The predicted molar refractivity (Wildman–Crippen MR) is 84.2 cm³/mol. The molecule has 0 aromatic carbocycles. The van der Waals surface area contributed by atoms with Crippen LogP contribution in [0.3, 0.4) is 0 Å². The Kier molecular flexibility index (Phi) is 3.66. The minimum Gasteiger partial charge on any atom is -0.353 e. The van der Waals surface area contributed by atoms with Gasteiger partial charge in [0.15, 0.2) is 11.5 Å². The maximum absolute atomic E-state index is 5.16. The molecule has 3 aromatic heterocycles. The molecule has 0 radical (unpaired) electrons. The number of aromatic nitrogens is 5. The van der Waals surface area contributed by atoms with Gasteiger partial charge in [0.1, 0.15) is 5.82 Å². The van der Waals surface area contributed by atoms with E-state index in [1.807, 2.05) is 29.8 Å². The van der Waals surface area contributed by atoms with Gasteiger partial charge in [-0.1, -0.05) is 12.1 Å². The van der Waals surface area contributed by atoms with Gasteiger partial charge in [-0.05, 0) is 12.1 Å². The summed E-state index contributed by atoms with van der Waals surface area (Å²) in [5, 5.41) is 8.63. The van der Waals surface area contributed by atoms with Crippen LogP contribution < -0.4 is 4.90 Å². The smallest absolute Gasteiger partial charge is 0.226 e. The standard InChI is InChI=1S/C15H19N7O/c1-2-15-17-12(19-23-15)11-20-7-9-21(10-8-20)14-4-3-13-16-5-6-22(13)18-14/h3-6H,2,7-11H2,1H3. The van der Waals surface area contributed by atoms with Crippen molar-refractivity contribution in [3.8, 4) is 0 Å². The van der Waals surface area contributed by atoms with Gasteiger partial charge in [-0.2, -0.15) is 4.98 Å². The molecule has 0 saturated carbocycles. The molecule has 4 rings (SSSR count). The van der Waals surface area contributed by atoms with Crippen LogP contribution in [-0.2, 0) is 13.0 Å². The van der Waals surface area contributed by atoms with E-state index >= 15 is 0 Å². The number of nitrogens with zero attached hydrogens (tertiary/aromatic N) is 7. The summed E-state index contributed by atoms with van der Waals surface area (Å²) in [6, 6.07) is 4.03. The number of rotatable bonds is 4. The van der Waals surface area contributed by atoms with Crippen LogP contribution in [0, 0.1) is 0 Å². The number of piperazine rings is 1. The van der Waals surface area contributed by atoms with Crippen LogP contribution in [-0.4, -0.2) is 55.8 Å². The lowest BCUT2D eigenvalue weighted by atomic mass is 10.3. The van der Waals surface area contributed by atoms with Crippen LogP contribution in [0.25, 0.3) is 5.65 Å². The molecule has 1 saturated heterocycles. The molecule has 0 aliphatic carbocycles. The Morgan fingerprint density at radius 1 is 1.17 bits per heavy atom. The van der Waals surface area contributed by atoms with E-state index in [1.54, 1.807) is 6.20 Å². The molecule has 0 spiro atoms. The van der Waals surface area contributed by atoms with Gasteiger partial charge in [-0.3, -0.25) is 4.90 Å². The van der Waals surface area contributed by atoms with E-state index in [0.717, 1.165) is 56.4 Å². The fourth-order valence-corrected chi connectivity index (χ4v) is 2.81. The van der Waals surface area contributed by atoms with Crippen molar-refractivity contribution in [1.82, 2.24) is 29.6 Å². The van der Waals surface area contributed by atoms with E-state index < -0.39 is 0 Å². The van der Waals surface area contributed by atoms with Gasteiger partial charge in [-0.15, -0.1) is 5.10 Å². The summed E-state index contributed by atoms with van der Waals surface area (Å²) in [7, 11) is 0. The van der Waals surface area contributed by atoms with Gasteiger partial charge < -0.3 is 9.42 Å². The Hall–Kier alpha value is -2.48. The molecule has 23 heavy (non-hydrogen) atoms. The summed E-state index contributed by atoms with van der Waals surface area (Å²) in [6.45, 7) is 6.54. The highest BCUT2D eigenvalue weighted by Crippen LogP contribution is 2.15. The van der Waals surface area contributed by atoms with E-state index in [0.29, 0.717) is 5.89 Å². The normalized spacial score (nSPS) is 16.3. The second-order valence-electron chi connectivity index (χ2n) is 5.64. The Labute approximate surface area is 133 Å². The van der Waals surface area contributed by atoms with Gasteiger partial charge in [0.2, 0.25) is 5.89 Å². The highest BCUT2D eigenvalue weighted by atomic mass is 16.5. The molecule has 120 valence electrons. The second kappa shape index (κ2) is 5.96. The summed E-state index contributed by atoms with van der Waals surface area (Å²) in [6.07, 6.45) is 4.42. The SMILES string of the molecule is CCc1nc(CN2CCN(c3ccc4nccn4n3)CC2)no1. The molecular weight excluding hydrogens is 294 g/mol. The van der Waals surface area contributed by atoms with Crippen molar-refractivity contribution < 1.29 is 4.52 Å².